The summed E-state index contributed by atoms with van der Waals surface area (Å²) in [5.74, 6) is 0.439. The zero-order valence-corrected chi connectivity index (χ0v) is 11.4. The summed E-state index contributed by atoms with van der Waals surface area (Å²) in [5.41, 5.74) is 6.24. The fourth-order valence-corrected chi connectivity index (χ4v) is 2.51. The molecule has 19 heavy (non-hydrogen) atoms. The molecule has 1 amide bonds. The molecule has 0 aliphatic carbocycles. The quantitative estimate of drug-likeness (QED) is 0.859. The fraction of sp³-hybridized carbons (Fsp3) is 0.571. The molecule has 1 aromatic rings. The lowest BCUT2D eigenvalue weighted by Crippen LogP contribution is -2.46. The van der Waals surface area contributed by atoms with Crippen LogP contribution in [0, 0.1) is 5.92 Å². The van der Waals surface area contributed by atoms with Crippen LogP contribution in [0.15, 0.2) is 18.3 Å². The minimum Gasteiger partial charge on any atom is -0.389 e. The summed E-state index contributed by atoms with van der Waals surface area (Å²) >= 11 is 0. The Morgan fingerprint density at radius 3 is 2.95 bits per heavy atom. The molecule has 2 rings (SSSR count). The Kier molecular flexibility index (Phi) is 4.04. The second-order valence-corrected chi connectivity index (χ2v) is 5.30. The Morgan fingerprint density at radius 1 is 1.58 bits per heavy atom. The highest BCUT2D eigenvalue weighted by Gasteiger charge is 2.29. The van der Waals surface area contributed by atoms with Gasteiger partial charge in [-0.2, -0.15) is 0 Å². The highest BCUT2D eigenvalue weighted by molar-refractivity contribution is 5.77. The number of rotatable bonds is 3. The Labute approximate surface area is 113 Å². The van der Waals surface area contributed by atoms with Crippen LogP contribution in [0.25, 0.3) is 0 Å². The molecule has 1 fully saturated rings. The predicted octanol–water partition coefficient (Wildman–Crippen LogP) is 1.23. The van der Waals surface area contributed by atoms with Gasteiger partial charge in [0.2, 0.25) is 5.91 Å². The summed E-state index contributed by atoms with van der Waals surface area (Å²) in [6, 6.07) is 4.01. The zero-order valence-electron chi connectivity index (χ0n) is 11.4. The summed E-state index contributed by atoms with van der Waals surface area (Å²) < 4.78 is 0. The first-order chi connectivity index (χ1) is 8.99. The second kappa shape index (κ2) is 5.57. The number of aliphatic hydroxyl groups excluding tert-OH is 1. The van der Waals surface area contributed by atoms with Gasteiger partial charge >= 0.3 is 0 Å². The Bertz CT molecular complexity index is 462. The number of nitrogens with two attached hydrogens (primary N) is 1. The van der Waals surface area contributed by atoms with Gasteiger partial charge in [0.25, 0.3) is 0 Å². The topological polar surface area (TPSA) is 79.5 Å². The van der Waals surface area contributed by atoms with Crippen LogP contribution in [-0.2, 0) is 4.79 Å². The Morgan fingerprint density at radius 2 is 2.32 bits per heavy atom. The molecule has 2 unspecified atom stereocenters. The molecular weight excluding hydrogens is 242 g/mol. The second-order valence-electron chi connectivity index (χ2n) is 5.30. The van der Waals surface area contributed by atoms with E-state index in [-0.39, 0.29) is 11.8 Å². The third kappa shape index (κ3) is 3.04. The summed E-state index contributed by atoms with van der Waals surface area (Å²) in [4.78, 5) is 17.8. The monoisotopic (exact) mass is 263 g/mol. The van der Waals surface area contributed by atoms with Gasteiger partial charge in [-0.3, -0.25) is 4.79 Å². The molecule has 0 aromatic carbocycles. The van der Waals surface area contributed by atoms with Gasteiger partial charge in [-0.25, -0.2) is 4.98 Å². The molecule has 0 radical (unpaired) electrons. The lowest BCUT2D eigenvalue weighted by molar-refractivity contribution is -0.122. The number of carbonyl (C=O) groups is 1. The first-order valence-corrected chi connectivity index (χ1v) is 6.69. The summed E-state index contributed by atoms with van der Waals surface area (Å²) in [6.07, 6.45) is 2.93. The third-order valence-electron chi connectivity index (χ3n) is 3.83. The highest BCUT2D eigenvalue weighted by atomic mass is 16.3. The van der Waals surface area contributed by atoms with Crippen molar-refractivity contribution in [2.45, 2.75) is 38.8 Å². The first kappa shape index (κ1) is 13.8. The van der Waals surface area contributed by atoms with E-state index in [0.29, 0.717) is 12.6 Å². The molecule has 0 saturated carbocycles. The van der Waals surface area contributed by atoms with Crippen LogP contribution in [0.3, 0.4) is 0 Å². The Hall–Kier alpha value is -1.62. The van der Waals surface area contributed by atoms with Crippen molar-refractivity contribution in [3.05, 3.63) is 23.9 Å². The number of pyridine rings is 1. The molecule has 1 aromatic heterocycles. The van der Waals surface area contributed by atoms with E-state index in [1.807, 2.05) is 6.07 Å². The molecule has 5 heteroatoms. The van der Waals surface area contributed by atoms with Gasteiger partial charge in [0.1, 0.15) is 5.82 Å². The minimum absolute atomic E-state index is 0.117. The number of anilines is 1. The lowest BCUT2D eigenvalue weighted by atomic mass is 9.93. The smallest absolute Gasteiger partial charge is 0.222 e. The van der Waals surface area contributed by atoms with Gasteiger partial charge in [-0.15, -0.1) is 0 Å². The van der Waals surface area contributed by atoms with E-state index in [1.165, 1.54) is 0 Å². The van der Waals surface area contributed by atoms with Crippen LogP contribution >= 0.6 is 0 Å². The molecule has 1 aliphatic rings. The standard InChI is InChI=1S/C14H21N3O2/c1-9-3-4-12(14(15)19)8-17(9)13-7-11(10(2)18)5-6-16-13/h5-7,9-10,12,18H,3-4,8H2,1-2H3,(H2,15,19)/t9?,10-,12?/m0/s1. The van der Waals surface area contributed by atoms with Gasteiger partial charge in [0.15, 0.2) is 0 Å². The number of hydrogen-bond donors (Lipinski definition) is 2. The van der Waals surface area contributed by atoms with Crippen molar-refractivity contribution in [1.29, 1.82) is 0 Å². The van der Waals surface area contributed by atoms with Crippen LogP contribution in [0.4, 0.5) is 5.82 Å². The van der Waals surface area contributed by atoms with Crippen LogP contribution in [0.5, 0.6) is 0 Å². The van der Waals surface area contributed by atoms with Crippen molar-refractivity contribution in [1.82, 2.24) is 4.98 Å². The summed E-state index contributed by atoms with van der Waals surface area (Å²) in [6.45, 7) is 4.45. The maximum atomic E-state index is 11.3. The molecule has 5 nitrogen and oxygen atoms in total. The van der Waals surface area contributed by atoms with Gasteiger partial charge in [0, 0.05) is 18.8 Å². The number of nitrogens with zero attached hydrogens (tertiary/aromatic N) is 2. The van der Waals surface area contributed by atoms with Gasteiger partial charge in [-0.1, -0.05) is 0 Å². The molecule has 1 aliphatic heterocycles. The Balaban J connectivity index is 2.23. The number of carbonyl (C=O) groups excluding carboxylic acids is 1. The van der Waals surface area contributed by atoms with Gasteiger partial charge < -0.3 is 15.7 Å². The number of aromatic nitrogens is 1. The molecule has 3 atom stereocenters. The SMILES string of the molecule is CC1CCC(C(N)=O)CN1c1cc([C@H](C)O)ccn1. The van der Waals surface area contributed by atoms with Crippen LogP contribution in [-0.4, -0.2) is 28.6 Å². The van der Waals surface area contributed by atoms with Crippen molar-refractivity contribution in [3.8, 4) is 0 Å². The van der Waals surface area contributed by atoms with E-state index in [1.54, 1.807) is 19.2 Å². The average Bonchev–Trinajstić information content (AvgIpc) is 2.39. The van der Waals surface area contributed by atoms with Crippen molar-refractivity contribution < 1.29 is 9.90 Å². The summed E-state index contributed by atoms with van der Waals surface area (Å²) in [5, 5.41) is 9.63. The maximum Gasteiger partial charge on any atom is 0.222 e. The minimum atomic E-state index is -0.520. The van der Waals surface area contributed by atoms with E-state index in [9.17, 15) is 9.90 Å². The highest BCUT2D eigenvalue weighted by Crippen LogP contribution is 2.27. The van der Waals surface area contributed by atoms with Crippen molar-refractivity contribution in [2.75, 3.05) is 11.4 Å². The molecule has 1 saturated heterocycles. The van der Waals surface area contributed by atoms with Crippen molar-refractivity contribution in [2.24, 2.45) is 11.7 Å². The number of aliphatic hydroxyl groups is 1. The molecule has 3 N–H and O–H groups in total. The van der Waals surface area contributed by atoms with Crippen LogP contribution < -0.4 is 10.6 Å². The van der Waals surface area contributed by atoms with Gasteiger partial charge in [0.05, 0.1) is 12.0 Å². The first-order valence-electron chi connectivity index (χ1n) is 6.69. The van der Waals surface area contributed by atoms with E-state index in [4.69, 9.17) is 5.73 Å². The molecule has 104 valence electrons. The van der Waals surface area contributed by atoms with Gasteiger partial charge in [-0.05, 0) is 44.4 Å². The largest absolute Gasteiger partial charge is 0.389 e. The molecular formula is C14H21N3O2. The van der Waals surface area contributed by atoms with E-state index < -0.39 is 6.10 Å². The number of piperidine rings is 1. The van der Waals surface area contributed by atoms with E-state index in [2.05, 4.69) is 16.8 Å². The number of amides is 1. The lowest BCUT2D eigenvalue weighted by Gasteiger charge is -2.38. The van der Waals surface area contributed by atoms with Crippen LogP contribution in [0.2, 0.25) is 0 Å². The van der Waals surface area contributed by atoms with Crippen molar-refractivity contribution in [3.63, 3.8) is 0 Å². The van der Waals surface area contributed by atoms with E-state index in [0.717, 1.165) is 24.2 Å². The van der Waals surface area contributed by atoms with Crippen molar-refractivity contribution >= 4 is 11.7 Å². The number of hydrogen-bond acceptors (Lipinski definition) is 4. The normalized spacial score (nSPS) is 25.1. The zero-order chi connectivity index (χ0) is 14.0. The predicted molar refractivity (Wildman–Crippen MR) is 73.6 cm³/mol. The fourth-order valence-electron chi connectivity index (χ4n) is 2.51. The third-order valence-corrected chi connectivity index (χ3v) is 3.83. The molecule has 0 bridgehead atoms. The average molecular weight is 263 g/mol. The molecule has 2 heterocycles. The van der Waals surface area contributed by atoms with Crippen LogP contribution in [0.1, 0.15) is 38.4 Å². The number of primary amides is 1. The summed E-state index contributed by atoms with van der Waals surface area (Å²) in [7, 11) is 0. The van der Waals surface area contributed by atoms with E-state index >= 15 is 0 Å². The molecule has 0 spiro atoms. The maximum absolute atomic E-state index is 11.3.